The van der Waals surface area contributed by atoms with E-state index in [0.717, 1.165) is 22.4 Å². The van der Waals surface area contributed by atoms with E-state index in [-0.39, 0.29) is 11.3 Å². The fourth-order valence-corrected chi connectivity index (χ4v) is 2.35. The Hall–Kier alpha value is -2.08. The van der Waals surface area contributed by atoms with E-state index in [1.165, 1.54) is 0 Å². The van der Waals surface area contributed by atoms with Crippen molar-refractivity contribution in [2.24, 2.45) is 0 Å². The predicted molar refractivity (Wildman–Crippen MR) is 81.5 cm³/mol. The van der Waals surface area contributed by atoms with Crippen LogP contribution < -0.4 is 5.32 Å². The molecule has 110 valence electrons. The Labute approximate surface area is 127 Å². The number of furan rings is 1. The van der Waals surface area contributed by atoms with Crippen LogP contribution in [0.5, 0.6) is 0 Å². The van der Waals surface area contributed by atoms with Gasteiger partial charge in [0, 0.05) is 18.2 Å². The van der Waals surface area contributed by atoms with E-state index in [1.807, 2.05) is 31.5 Å². The van der Waals surface area contributed by atoms with E-state index < -0.39 is 0 Å². The number of aryl methyl sites for hydroxylation is 1. The lowest BCUT2D eigenvalue weighted by Gasteiger charge is -2.09. The van der Waals surface area contributed by atoms with Gasteiger partial charge in [-0.3, -0.25) is 0 Å². The molecular formula is C14H16ClN5O. The second-order valence-corrected chi connectivity index (χ2v) is 5.46. The van der Waals surface area contributed by atoms with Gasteiger partial charge in [0.1, 0.15) is 11.6 Å². The molecule has 3 aromatic rings. The molecule has 0 saturated carbocycles. The molecule has 3 heterocycles. The molecule has 0 saturated heterocycles. The normalized spacial score (nSPS) is 11.5. The zero-order valence-electron chi connectivity index (χ0n) is 12.1. The van der Waals surface area contributed by atoms with Crippen LogP contribution in [0.3, 0.4) is 0 Å². The largest absolute Gasteiger partial charge is 0.469 e. The van der Waals surface area contributed by atoms with Crippen molar-refractivity contribution in [3.8, 4) is 0 Å². The van der Waals surface area contributed by atoms with Gasteiger partial charge in [0.2, 0.25) is 5.28 Å². The fraction of sp³-hybridized carbons (Fsp3) is 0.357. The molecule has 3 rings (SSSR count). The first-order valence-corrected chi connectivity index (χ1v) is 7.11. The molecule has 0 fully saturated rings. The fourth-order valence-electron chi connectivity index (χ4n) is 2.19. The molecule has 21 heavy (non-hydrogen) atoms. The molecular weight excluding hydrogens is 290 g/mol. The molecule has 0 radical (unpaired) electrons. The summed E-state index contributed by atoms with van der Waals surface area (Å²) in [5.74, 6) is 1.56. The number of halogens is 1. The van der Waals surface area contributed by atoms with Gasteiger partial charge in [-0.1, -0.05) is 0 Å². The van der Waals surface area contributed by atoms with Gasteiger partial charge in [0.25, 0.3) is 0 Å². The number of nitrogens with zero attached hydrogens (tertiary/aromatic N) is 4. The zero-order chi connectivity index (χ0) is 15.0. The summed E-state index contributed by atoms with van der Waals surface area (Å²) in [7, 11) is 0. The number of fused-ring (bicyclic) bond motifs is 1. The molecule has 1 N–H and O–H groups in total. The Balaban J connectivity index is 1.96. The molecule has 0 aliphatic carbocycles. The quantitative estimate of drug-likeness (QED) is 0.746. The van der Waals surface area contributed by atoms with Gasteiger partial charge >= 0.3 is 0 Å². The van der Waals surface area contributed by atoms with Gasteiger partial charge in [-0.25, -0.2) is 4.68 Å². The summed E-state index contributed by atoms with van der Waals surface area (Å²) in [6.07, 6.45) is 3.43. The van der Waals surface area contributed by atoms with E-state index in [2.05, 4.69) is 20.4 Å². The third kappa shape index (κ3) is 2.58. The first-order chi connectivity index (χ1) is 10.1. The minimum atomic E-state index is 0.205. The maximum absolute atomic E-state index is 6.03. The van der Waals surface area contributed by atoms with Crippen LogP contribution >= 0.6 is 11.6 Å². The molecule has 6 nitrogen and oxygen atoms in total. The van der Waals surface area contributed by atoms with Gasteiger partial charge in [0.15, 0.2) is 5.65 Å². The van der Waals surface area contributed by atoms with Crippen LogP contribution in [0, 0.1) is 6.92 Å². The maximum atomic E-state index is 6.03. The molecule has 0 atom stereocenters. The smallest absolute Gasteiger partial charge is 0.226 e. The van der Waals surface area contributed by atoms with Crippen molar-refractivity contribution in [3.05, 3.63) is 35.1 Å². The van der Waals surface area contributed by atoms with Crippen LogP contribution in [0.4, 0.5) is 5.82 Å². The van der Waals surface area contributed by atoms with Crippen LogP contribution in [0.1, 0.15) is 31.2 Å². The molecule has 0 aromatic carbocycles. The van der Waals surface area contributed by atoms with Crippen LogP contribution in [0.25, 0.3) is 11.0 Å². The minimum Gasteiger partial charge on any atom is -0.469 e. The topological polar surface area (TPSA) is 68.8 Å². The molecule has 0 aliphatic heterocycles. The zero-order valence-corrected chi connectivity index (χ0v) is 12.8. The summed E-state index contributed by atoms with van der Waals surface area (Å²) in [5, 5.41) is 8.69. The number of hydrogen-bond donors (Lipinski definition) is 1. The highest BCUT2D eigenvalue weighted by Gasteiger charge is 2.14. The van der Waals surface area contributed by atoms with Gasteiger partial charge in [0.05, 0.1) is 17.8 Å². The minimum absolute atomic E-state index is 0.205. The lowest BCUT2D eigenvalue weighted by atomic mass is 10.2. The molecule has 0 aliphatic rings. The lowest BCUT2D eigenvalue weighted by molar-refractivity contribution is 0.530. The molecule has 3 aromatic heterocycles. The third-order valence-electron chi connectivity index (χ3n) is 3.33. The maximum Gasteiger partial charge on any atom is 0.226 e. The average molecular weight is 306 g/mol. The standard InChI is InChI=1S/C14H16ClN5O/c1-8(2)20-13-11(7-17-20)12(18-14(15)19-13)16-6-10-4-5-21-9(10)3/h4-5,7-8H,6H2,1-3H3,(H,16,18,19). The highest BCUT2D eigenvalue weighted by atomic mass is 35.5. The molecule has 7 heteroatoms. The van der Waals surface area contributed by atoms with E-state index in [0.29, 0.717) is 12.4 Å². The lowest BCUT2D eigenvalue weighted by Crippen LogP contribution is -2.06. The molecule has 0 bridgehead atoms. The SMILES string of the molecule is Cc1occc1CNc1nc(Cl)nc2c1cnn2C(C)C. The monoisotopic (exact) mass is 305 g/mol. The van der Waals surface area contributed by atoms with E-state index in [9.17, 15) is 0 Å². The summed E-state index contributed by atoms with van der Waals surface area (Å²) in [4.78, 5) is 8.54. The van der Waals surface area contributed by atoms with E-state index in [4.69, 9.17) is 16.0 Å². The van der Waals surface area contributed by atoms with E-state index >= 15 is 0 Å². The summed E-state index contributed by atoms with van der Waals surface area (Å²) in [6.45, 7) is 6.63. The van der Waals surface area contributed by atoms with Crippen molar-refractivity contribution >= 4 is 28.5 Å². The number of nitrogens with one attached hydrogen (secondary N) is 1. The number of rotatable bonds is 4. The van der Waals surface area contributed by atoms with Crippen LogP contribution in [-0.2, 0) is 6.54 Å². The van der Waals surface area contributed by atoms with Crippen molar-refractivity contribution in [2.45, 2.75) is 33.4 Å². The van der Waals surface area contributed by atoms with Crippen LogP contribution in [-0.4, -0.2) is 19.7 Å². The number of hydrogen-bond acceptors (Lipinski definition) is 5. The molecule has 0 amide bonds. The first-order valence-electron chi connectivity index (χ1n) is 6.74. The third-order valence-corrected chi connectivity index (χ3v) is 3.50. The number of anilines is 1. The highest BCUT2D eigenvalue weighted by Crippen LogP contribution is 2.24. The second kappa shape index (κ2) is 5.37. The summed E-state index contributed by atoms with van der Waals surface area (Å²) in [5.41, 5.74) is 1.81. The summed E-state index contributed by atoms with van der Waals surface area (Å²) in [6, 6.07) is 2.14. The Kier molecular flexibility index (Phi) is 3.55. The summed E-state index contributed by atoms with van der Waals surface area (Å²) >= 11 is 6.03. The van der Waals surface area contributed by atoms with Gasteiger partial charge < -0.3 is 9.73 Å². The second-order valence-electron chi connectivity index (χ2n) is 5.12. The highest BCUT2D eigenvalue weighted by molar-refractivity contribution is 6.28. The van der Waals surface area contributed by atoms with Crippen molar-refractivity contribution in [2.75, 3.05) is 5.32 Å². The molecule has 0 unspecified atom stereocenters. The Morgan fingerprint density at radius 1 is 1.38 bits per heavy atom. The Bertz CT molecular complexity index is 777. The van der Waals surface area contributed by atoms with Crippen LogP contribution in [0.2, 0.25) is 5.28 Å². The average Bonchev–Trinajstić information content (AvgIpc) is 3.02. The predicted octanol–water partition coefficient (Wildman–Crippen LogP) is 3.57. The van der Waals surface area contributed by atoms with Crippen molar-refractivity contribution in [1.82, 2.24) is 19.7 Å². The van der Waals surface area contributed by atoms with E-state index in [1.54, 1.807) is 12.5 Å². The Morgan fingerprint density at radius 2 is 2.19 bits per heavy atom. The van der Waals surface area contributed by atoms with Gasteiger partial charge in [-0.15, -0.1) is 0 Å². The van der Waals surface area contributed by atoms with Crippen molar-refractivity contribution in [3.63, 3.8) is 0 Å². The van der Waals surface area contributed by atoms with Gasteiger partial charge in [-0.05, 0) is 38.4 Å². The van der Waals surface area contributed by atoms with Crippen molar-refractivity contribution in [1.29, 1.82) is 0 Å². The molecule has 0 spiro atoms. The Morgan fingerprint density at radius 3 is 2.86 bits per heavy atom. The van der Waals surface area contributed by atoms with Crippen LogP contribution in [0.15, 0.2) is 22.9 Å². The van der Waals surface area contributed by atoms with Gasteiger partial charge in [-0.2, -0.15) is 15.1 Å². The summed E-state index contributed by atoms with van der Waals surface area (Å²) < 4.78 is 7.11. The number of aromatic nitrogens is 4. The first kappa shape index (κ1) is 13.9. The van der Waals surface area contributed by atoms with Crippen molar-refractivity contribution < 1.29 is 4.42 Å².